The summed E-state index contributed by atoms with van der Waals surface area (Å²) in [5, 5.41) is 7.35. The maximum Gasteiger partial charge on any atom is 0.333 e. The fraction of sp³-hybridized carbons (Fsp3) is 0.421. The van der Waals surface area contributed by atoms with Crippen LogP contribution in [0.4, 0.5) is 5.69 Å². The Morgan fingerprint density at radius 3 is 2.62 bits per heavy atom. The lowest BCUT2D eigenvalue weighted by molar-refractivity contribution is -0.159. The molecule has 24 heavy (non-hydrogen) atoms. The van der Waals surface area contributed by atoms with E-state index in [0.717, 1.165) is 43.7 Å². The summed E-state index contributed by atoms with van der Waals surface area (Å²) in [6.45, 7) is 3.18. The number of rotatable bonds is 5. The predicted molar refractivity (Wildman–Crippen MR) is 96.2 cm³/mol. The number of esters is 1. The van der Waals surface area contributed by atoms with Crippen LogP contribution in [-0.2, 0) is 9.53 Å². The zero-order valence-electron chi connectivity index (χ0n) is 13.6. The molecule has 3 aliphatic heterocycles. The van der Waals surface area contributed by atoms with Crippen molar-refractivity contribution in [3.63, 3.8) is 0 Å². The monoisotopic (exact) mass is 342 g/mol. The molecular formula is C19H22N2O2S. The molecule has 2 bridgehead atoms. The molecule has 4 heterocycles. The summed E-state index contributed by atoms with van der Waals surface area (Å²) in [6.07, 6.45) is 2.33. The molecule has 1 N–H and O–H groups in total. The zero-order valence-corrected chi connectivity index (χ0v) is 14.4. The van der Waals surface area contributed by atoms with E-state index in [2.05, 4.69) is 10.2 Å². The van der Waals surface area contributed by atoms with Crippen LogP contribution < -0.4 is 5.32 Å². The van der Waals surface area contributed by atoms with Crippen LogP contribution in [0, 0.1) is 5.92 Å². The van der Waals surface area contributed by atoms with E-state index < -0.39 is 6.04 Å². The number of thiophene rings is 1. The Kier molecular flexibility index (Phi) is 4.54. The van der Waals surface area contributed by atoms with Crippen LogP contribution in [0.1, 0.15) is 24.4 Å². The molecule has 5 rings (SSSR count). The van der Waals surface area contributed by atoms with Crippen LogP contribution in [0.3, 0.4) is 0 Å². The van der Waals surface area contributed by atoms with Crippen molar-refractivity contribution in [2.75, 3.05) is 25.0 Å². The van der Waals surface area contributed by atoms with E-state index in [1.807, 2.05) is 47.2 Å². The van der Waals surface area contributed by atoms with E-state index in [4.69, 9.17) is 4.74 Å². The Bertz CT molecular complexity index is 666. The number of carbonyl (C=O) groups is 1. The molecule has 0 aliphatic carbocycles. The topological polar surface area (TPSA) is 41.6 Å². The number of benzene rings is 1. The van der Waals surface area contributed by atoms with Gasteiger partial charge in [0.15, 0.2) is 6.04 Å². The van der Waals surface area contributed by atoms with Gasteiger partial charge in [0, 0.05) is 17.6 Å². The highest BCUT2D eigenvalue weighted by atomic mass is 32.1. The second-order valence-electron chi connectivity index (χ2n) is 6.61. The summed E-state index contributed by atoms with van der Waals surface area (Å²) < 4.78 is 5.95. The van der Waals surface area contributed by atoms with Crippen LogP contribution in [0.5, 0.6) is 0 Å². The molecule has 2 aromatic rings. The van der Waals surface area contributed by atoms with Gasteiger partial charge < -0.3 is 10.1 Å². The molecule has 4 nitrogen and oxygen atoms in total. The number of carbonyl (C=O) groups excluding carboxylic acids is 1. The Labute approximate surface area is 146 Å². The first kappa shape index (κ1) is 15.7. The van der Waals surface area contributed by atoms with E-state index in [1.165, 1.54) is 0 Å². The Morgan fingerprint density at radius 1 is 1.21 bits per heavy atom. The molecule has 3 saturated heterocycles. The molecule has 0 amide bonds. The highest BCUT2D eigenvalue weighted by molar-refractivity contribution is 7.08. The van der Waals surface area contributed by atoms with Gasteiger partial charge in [-0.05, 0) is 48.9 Å². The molecule has 0 saturated carbocycles. The minimum Gasteiger partial charge on any atom is -0.459 e. The first-order chi connectivity index (χ1) is 11.8. The molecule has 126 valence electrons. The van der Waals surface area contributed by atoms with Crippen molar-refractivity contribution in [1.29, 1.82) is 0 Å². The largest absolute Gasteiger partial charge is 0.459 e. The number of nitrogens with zero attached hydrogens (tertiary/aromatic N) is 1. The van der Waals surface area contributed by atoms with Crippen molar-refractivity contribution < 1.29 is 9.53 Å². The van der Waals surface area contributed by atoms with Gasteiger partial charge in [-0.3, -0.25) is 4.90 Å². The van der Waals surface area contributed by atoms with Crippen LogP contribution in [0.15, 0.2) is 47.2 Å². The van der Waals surface area contributed by atoms with E-state index in [-0.39, 0.29) is 12.1 Å². The third-order valence-corrected chi connectivity index (χ3v) is 5.75. The SMILES string of the molecule is O=C(O[C@H]1CN2CCC1CC2)C(Nc1ccsc1)c1ccccc1. The number of hydrogen-bond donors (Lipinski definition) is 1. The van der Waals surface area contributed by atoms with Crippen LogP contribution in [-0.4, -0.2) is 36.6 Å². The number of ether oxygens (including phenoxy) is 1. The predicted octanol–water partition coefficient (Wildman–Crippen LogP) is 3.54. The molecule has 3 aliphatic rings. The number of anilines is 1. The van der Waals surface area contributed by atoms with Crippen LogP contribution >= 0.6 is 11.3 Å². The molecular weight excluding hydrogens is 320 g/mol. The molecule has 3 fully saturated rings. The molecule has 1 aromatic heterocycles. The summed E-state index contributed by atoms with van der Waals surface area (Å²) >= 11 is 1.61. The van der Waals surface area contributed by atoms with Gasteiger partial charge in [0.2, 0.25) is 0 Å². The lowest BCUT2D eigenvalue weighted by Crippen LogP contribution is -2.52. The Hall–Kier alpha value is -1.85. The summed E-state index contributed by atoms with van der Waals surface area (Å²) in [4.78, 5) is 15.3. The summed E-state index contributed by atoms with van der Waals surface area (Å²) in [6, 6.07) is 11.4. The first-order valence-electron chi connectivity index (χ1n) is 8.56. The molecule has 0 spiro atoms. The van der Waals surface area contributed by atoms with Gasteiger partial charge in [-0.25, -0.2) is 4.79 Å². The number of hydrogen-bond acceptors (Lipinski definition) is 5. The van der Waals surface area contributed by atoms with Gasteiger partial charge in [0.05, 0.1) is 0 Å². The highest BCUT2D eigenvalue weighted by Crippen LogP contribution is 2.31. The Balaban J connectivity index is 1.50. The van der Waals surface area contributed by atoms with Gasteiger partial charge in [0.1, 0.15) is 6.10 Å². The Morgan fingerprint density at radius 2 is 2.00 bits per heavy atom. The van der Waals surface area contributed by atoms with Gasteiger partial charge in [-0.1, -0.05) is 30.3 Å². The smallest absolute Gasteiger partial charge is 0.333 e. The molecule has 0 radical (unpaired) electrons. The fourth-order valence-electron chi connectivity index (χ4n) is 3.70. The fourth-order valence-corrected chi connectivity index (χ4v) is 4.30. The highest BCUT2D eigenvalue weighted by Gasteiger charge is 2.37. The van der Waals surface area contributed by atoms with Gasteiger partial charge >= 0.3 is 5.97 Å². The minimum atomic E-state index is -0.462. The zero-order chi connectivity index (χ0) is 16.4. The quantitative estimate of drug-likeness (QED) is 0.844. The molecule has 1 aromatic carbocycles. The van der Waals surface area contributed by atoms with Gasteiger partial charge in [0.25, 0.3) is 0 Å². The van der Waals surface area contributed by atoms with Crippen LogP contribution in [0.25, 0.3) is 0 Å². The molecule has 5 heteroatoms. The average Bonchev–Trinajstić information content (AvgIpc) is 3.14. The lowest BCUT2D eigenvalue weighted by Gasteiger charge is -2.44. The molecule has 1 unspecified atom stereocenters. The van der Waals surface area contributed by atoms with E-state index in [9.17, 15) is 4.79 Å². The third kappa shape index (κ3) is 3.32. The summed E-state index contributed by atoms with van der Waals surface area (Å²) in [5.74, 6) is 0.350. The maximum atomic E-state index is 12.9. The van der Waals surface area contributed by atoms with E-state index in [1.54, 1.807) is 11.3 Å². The third-order valence-electron chi connectivity index (χ3n) is 5.06. The standard InChI is InChI=1S/C19H22N2O2S/c22-19(23-17-12-21-9-6-14(17)7-10-21)18(15-4-2-1-3-5-15)20-16-8-11-24-13-16/h1-5,8,11,13-14,17-18,20H,6-7,9-10,12H2/t17-,18?/m0/s1. The number of fused-ring (bicyclic) bond motifs is 3. The normalized spacial score (nSPS) is 26.8. The van der Waals surface area contributed by atoms with Crippen molar-refractivity contribution in [1.82, 2.24) is 4.90 Å². The summed E-state index contributed by atoms with van der Waals surface area (Å²) in [7, 11) is 0. The minimum absolute atomic E-state index is 0.0375. The van der Waals surface area contributed by atoms with Crippen molar-refractivity contribution >= 4 is 23.0 Å². The van der Waals surface area contributed by atoms with Crippen LogP contribution in [0.2, 0.25) is 0 Å². The average molecular weight is 342 g/mol. The van der Waals surface area contributed by atoms with Crippen molar-refractivity contribution in [2.45, 2.75) is 25.0 Å². The van der Waals surface area contributed by atoms with E-state index >= 15 is 0 Å². The second-order valence-corrected chi connectivity index (χ2v) is 7.39. The maximum absolute atomic E-state index is 12.9. The second kappa shape index (κ2) is 6.95. The van der Waals surface area contributed by atoms with Gasteiger partial charge in [-0.15, -0.1) is 0 Å². The number of nitrogens with one attached hydrogen (secondary N) is 1. The van der Waals surface area contributed by atoms with E-state index in [0.29, 0.717) is 5.92 Å². The van der Waals surface area contributed by atoms with Crippen molar-refractivity contribution in [3.8, 4) is 0 Å². The number of piperidine rings is 3. The summed E-state index contributed by atoms with van der Waals surface area (Å²) in [5.41, 5.74) is 1.90. The lowest BCUT2D eigenvalue weighted by atomic mass is 9.86. The van der Waals surface area contributed by atoms with Gasteiger partial charge in [-0.2, -0.15) is 11.3 Å². The molecule has 2 atom stereocenters. The van der Waals surface area contributed by atoms with Crippen molar-refractivity contribution in [3.05, 3.63) is 52.7 Å². The van der Waals surface area contributed by atoms with Crippen molar-refractivity contribution in [2.24, 2.45) is 5.92 Å². The first-order valence-corrected chi connectivity index (χ1v) is 9.50.